The monoisotopic (exact) mass is 430 g/mol. The number of hydrogen-bond donors (Lipinski definition) is 2. The highest BCUT2D eigenvalue weighted by atomic mass is 127. The van der Waals surface area contributed by atoms with E-state index in [1.807, 2.05) is 0 Å². The van der Waals surface area contributed by atoms with Gasteiger partial charge < -0.3 is 15.5 Å². The Morgan fingerprint density at radius 3 is 2.65 bits per heavy atom. The van der Waals surface area contributed by atoms with Crippen LogP contribution in [0.1, 0.15) is 38.8 Å². The van der Waals surface area contributed by atoms with Crippen molar-refractivity contribution in [1.82, 2.24) is 15.5 Å². The fourth-order valence-electron chi connectivity index (χ4n) is 2.92. The predicted molar refractivity (Wildman–Crippen MR) is 110 cm³/mol. The van der Waals surface area contributed by atoms with Crippen LogP contribution in [0.5, 0.6) is 0 Å². The van der Waals surface area contributed by atoms with E-state index in [4.69, 9.17) is 4.99 Å². The number of nitrogens with zero attached hydrogens (tertiary/aromatic N) is 2. The van der Waals surface area contributed by atoms with E-state index in [-0.39, 0.29) is 30.0 Å². The summed E-state index contributed by atoms with van der Waals surface area (Å²) < 4.78 is 0. The maximum atomic E-state index is 4.80. The molecule has 0 amide bonds. The number of nitrogens with one attached hydrogen (secondary N) is 2. The van der Waals surface area contributed by atoms with Crippen LogP contribution >= 0.6 is 24.0 Å². The zero-order valence-electron chi connectivity index (χ0n) is 14.6. The van der Waals surface area contributed by atoms with Crippen LogP contribution in [0.15, 0.2) is 35.3 Å². The van der Waals surface area contributed by atoms with Crippen molar-refractivity contribution in [1.29, 1.82) is 0 Å². The van der Waals surface area contributed by atoms with Gasteiger partial charge in [-0.2, -0.15) is 0 Å². The summed E-state index contributed by atoms with van der Waals surface area (Å²) in [5.41, 5.74) is 1.28. The first-order valence-corrected chi connectivity index (χ1v) is 8.55. The second-order valence-electron chi connectivity index (χ2n) is 6.04. The van der Waals surface area contributed by atoms with Crippen LogP contribution in [-0.2, 0) is 0 Å². The van der Waals surface area contributed by atoms with Crippen molar-refractivity contribution >= 4 is 29.9 Å². The molecule has 1 aliphatic heterocycles. The maximum Gasteiger partial charge on any atom is 0.191 e. The van der Waals surface area contributed by atoms with Gasteiger partial charge in [-0.3, -0.25) is 4.99 Å². The minimum absolute atomic E-state index is 0. The Labute approximate surface area is 158 Å². The number of benzene rings is 1. The SMILES string of the molecule is CCNC(=NCC1CCN(CC)C1)NC(C)c1ccccc1.I. The molecular formula is C18H31IN4. The van der Waals surface area contributed by atoms with E-state index in [0.717, 1.165) is 25.6 Å². The quantitative estimate of drug-likeness (QED) is 0.414. The van der Waals surface area contributed by atoms with Crippen molar-refractivity contribution in [3.05, 3.63) is 35.9 Å². The first-order valence-electron chi connectivity index (χ1n) is 8.55. The summed E-state index contributed by atoms with van der Waals surface area (Å²) in [5.74, 6) is 1.62. The Morgan fingerprint density at radius 1 is 1.30 bits per heavy atom. The molecule has 4 nitrogen and oxygen atoms in total. The van der Waals surface area contributed by atoms with Gasteiger partial charge in [-0.15, -0.1) is 24.0 Å². The second kappa shape index (κ2) is 10.9. The highest BCUT2D eigenvalue weighted by Crippen LogP contribution is 2.16. The number of rotatable bonds is 6. The smallest absolute Gasteiger partial charge is 0.191 e. The first kappa shape index (κ1) is 20.2. The summed E-state index contributed by atoms with van der Waals surface area (Å²) in [5, 5.41) is 6.87. The van der Waals surface area contributed by atoms with Gasteiger partial charge in [0.2, 0.25) is 0 Å². The number of likely N-dealkylation sites (tertiary alicyclic amines) is 1. The number of aliphatic imine (C=N–C) groups is 1. The summed E-state index contributed by atoms with van der Waals surface area (Å²) in [6, 6.07) is 10.8. The largest absolute Gasteiger partial charge is 0.357 e. The van der Waals surface area contributed by atoms with E-state index in [1.54, 1.807) is 0 Å². The number of halogens is 1. The lowest BCUT2D eigenvalue weighted by atomic mass is 10.1. The van der Waals surface area contributed by atoms with E-state index in [2.05, 4.69) is 66.6 Å². The molecule has 0 radical (unpaired) electrons. The highest BCUT2D eigenvalue weighted by Gasteiger charge is 2.20. The molecule has 1 heterocycles. The average Bonchev–Trinajstić information content (AvgIpc) is 3.01. The van der Waals surface area contributed by atoms with Gasteiger partial charge in [0.15, 0.2) is 5.96 Å². The summed E-state index contributed by atoms with van der Waals surface area (Å²) in [7, 11) is 0. The van der Waals surface area contributed by atoms with Gasteiger partial charge in [0.05, 0.1) is 6.04 Å². The summed E-state index contributed by atoms with van der Waals surface area (Å²) >= 11 is 0. The van der Waals surface area contributed by atoms with Gasteiger partial charge in [0.1, 0.15) is 0 Å². The molecule has 0 bridgehead atoms. The van der Waals surface area contributed by atoms with Crippen molar-refractivity contribution in [2.75, 3.05) is 32.7 Å². The summed E-state index contributed by atoms with van der Waals surface area (Å²) in [6.07, 6.45) is 1.27. The van der Waals surface area contributed by atoms with Gasteiger partial charge in [-0.25, -0.2) is 0 Å². The third kappa shape index (κ3) is 6.67. The Hall–Kier alpha value is -0.820. The van der Waals surface area contributed by atoms with Crippen LogP contribution in [0.2, 0.25) is 0 Å². The molecule has 0 saturated carbocycles. The third-order valence-electron chi connectivity index (χ3n) is 4.32. The molecule has 2 atom stereocenters. The summed E-state index contributed by atoms with van der Waals surface area (Å²) in [6.45, 7) is 11.9. The van der Waals surface area contributed by atoms with E-state index < -0.39 is 0 Å². The second-order valence-corrected chi connectivity index (χ2v) is 6.04. The fourth-order valence-corrected chi connectivity index (χ4v) is 2.92. The normalized spacial score (nSPS) is 20.0. The van der Waals surface area contributed by atoms with Gasteiger partial charge in [-0.05, 0) is 44.8 Å². The lowest BCUT2D eigenvalue weighted by molar-refractivity contribution is 0.343. The van der Waals surface area contributed by atoms with Crippen LogP contribution in [0.3, 0.4) is 0 Å². The molecule has 1 saturated heterocycles. The Balaban J connectivity index is 0.00000264. The van der Waals surface area contributed by atoms with Crippen LogP contribution < -0.4 is 10.6 Å². The van der Waals surface area contributed by atoms with Crippen LogP contribution in [0, 0.1) is 5.92 Å². The standard InChI is InChI=1S/C18H30N4.HI/c1-4-19-18(20-13-16-11-12-22(5-2)14-16)21-15(3)17-9-7-6-8-10-17;/h6-10,15-16H,4-5,11-14H2,1-3H3,(H2,19,20,21);1H. The molecule has 23 heavy (non-hydrogen) atoms. The average molecular weight is 430 g/mol. The van der Waals surface area contributed by atoms with Crippen molar-refractivity contribution in [3.8, 4) is 0 Å². The minimum atomic E-state index is 0. The van der Waals surface area contributed by atoms with Crippen molar-refractivity contribution in [2.24, 2.45) is 10.9 Å². The van der Waals surface area contributed by atoms with Crippen LogP contribution in [0.25, 0.3) is 0 Å². The summed E-state index contributed by atoms with van der Waals surface area (Å²) in [4.78, 5) is 7.30. The van der Waals surface area contributed by atoms with Gasteiger partial charge in [0.25, 0.3) is 0 Å². The Morgan fingerprint density at radius 2 is 2.04 bits per heavy atom. The molecule has 130 valence electrons. The molecule has 2 rings (SSSR count). The van der Waals surface area contributed by atoms with E-state index in [9.17, 15) is 0 Å². The molecule has 0 aliphatic carbocycles. The maximum absolute atomic E-state index is 4.80. The van der Waals surface area contributed by atoms with Crippen molar-refractivity contribution in [2.45, 2.75) is 33.2 Å². The van der Waals surface area contributed by atoms with Gasteiger partial charge >= 0.3 is 0 Å². The molecule has 1 aromatic carbocycles. The lowest BCUT2D eigenvalue weighted by Gasteiger charge is -2.19. The van der Waals surface area contributed by atoms with Crippen molar-refractivity contribution < 1.29 is 0 Å². The van der Waals surface area contributed by atoms with Crippen LogP contribution in [-0.4, -0.2) is 43.6 Å². The molecule has 1 aliphatic rings. The molecule has 0 spiro atoms. The minimum Gasteiger partial charge on any atom is -0.357 e. The molecule has 1 aromatic rings. The van der Waals surface area contributed by atoms with E-state index in [0.29, 0.717) is 5.92 Å². The number of hydrogen-bond acceptors (Lipinski definition) is 2. The predicted octanol–water partition coefficient (Wildman–Crippen LogP) is 3.26. The molecular weight excluding hydrogens is 399 g/mol. The molecule has 0 aromatic heterocycles. The fraction of sp³-hybridized carbons (Fsp3) is 0.611. The topological polar surface area (TPSA) is 39.7 Å². The molecule has 2 N–H and O–H groups in total. The van der Waals surface area contributed by atoms with E-state index >= 15 is 0 Å². The zero-order chi connectivity index (χ0) is 15.8. The van der Waals surface area contributed by atoms with Gasteiger partial charge in [0, 0.05) is 19.6 Å². The Kier molecular flexibility index (Phi) is 9.55. The first-order chi connectivity index (χ1) is 10.7. The van der Waals surface area contributed by atoms with Crippen LogP contribution in [0.4, 0.5) is 0 Å². The highest BCUT2D eigenvalue weighted by molar-refractivity contribution is 14.0. The Bertz CT molecular complexity index is 463. The molecule has 5 heteroatoms. The lowest BCUT2D eigenvalue weighted by Crippen LogP contribution is -2.39. The van der Waals surface area contributed by atoms with E-state index in [1.165, 1.54) is 25.1 Å². The third-order valence-corrected chi connectivity index (χ3v) is 4.32. The molecule has 1 fully saturated rings. The zero-order valence-corrected chi connectivity index (χ0v) is 16.9. The van der Waals surface area contributed by atoms with Gasteiger partial charge in [-0.1, -0.05) is 37.3 Å². The number of guanidine groups is 1. The van der Waals surface area contributed by atoms with Crippen molar-refractivity contribution in [3.63, 3.8) is 0 Å². The molecule has 2 unspecified atom stereocenters.